The van der Waals surface area contributed by atoms with Gasteiger partial charge in [-0.1, -0.05) is 48.5 Å². The van der Waals surface area contributed by atoms with Gasteiger partial charge in [-0.3, -0.25) is 4.79 Å². The number of benzene rings is 2. The lowest BCUT2D eigenvalue weighted by Crippen LogP contribution is -2.37. The largest absolute Gasteiger partial charge is 0.324 e. The Balaban J connectivity index is 1.99. The highest BCUT2D eigenvalue weighted by Gasteiger charge is 2.14. The van der Waals surface area contributed by atoms with E-state index in [0.29, 0.717) is 6.42 Å². The van der Waals surface area contributed by atoms with Crippen molar-refractivity contribution in [2.45, 2.75) is 19.4 Å². The highest BCUT2D eigenvalue weighted by atomic mass is 16.2. The van der Waals surface area contributed by atoms with E-state index in [1.165, 1.54) is 0 Å². The zero-order valence-electron chi connectivity index (χ0n) is 11.0. The molecule has 0 aromatic heterocycles. The molecule has 0 bridgehead atoms. The second-order valence-electron chi connectivity index (χ2n) is 4.60. The zero-order chi connectivity index (χ0) is 13.7. The van der Waals surface area contributed by atoms with Gasteiger partial charge in [0.1, 0.15) is 0 Å². The Hall–Kier alpha value is -2.13. The SMILES string of the molecule is Cc1ccccc1NC(=O)[C@@H](N)Cc1ccccc1. The van der Waals surface area contributed by atoms with E-state index >= 15 is 0 Å². The Kier molecular flexibility index (Phi) is 4.31. The third kappa shape index (κ3) is 3.66. The molecule has 0 aliphatic rings. The van der Waals surface area contributed by atoms with Crippen LogP contribution in [-0.2, 0) is 11.2 Å². The molecule has 1 amide bonds. The number of rotatable bonds is 4. The van der Waals surface area contributed by atoms with Gasteiger partial charge in [0.05, 0.1) is 6.04 Å². The summed E-state index contributed by atoms with van der Waals surface area (Å²) in [7, 11) is 0. The van der Waals surface area contributed by atoms with Crippen LogP contribution in [0.2, 0.25) is 0 Å². The molecule has 0 radical (unpaired) electrons. The smallest absolute Gasteiger partial charge is 0.241 e. The number of nitrogens with two attached hydrogens (primary N) is 1. The predicted octanol–water partition coefficient (Wildman–Crippen LogP) is 2.50. The van der Waals surface area contributed by atoms with Gasteiger partial charge in [-0.2, -0.15) is 0 Å². The molecule has 0 aliphatic heterocycles. The summed E-state index contributed by atoms with van der Waals surface area (Å²) < 4.78 is 0. The summed E-state index contributed by atoms with van der Waals surface area (Å²) in [6.07, 6.45) is 0.540. The van der Waals surface area contributed by atoms with E-state index in [0.717, 1.165) is 16.8 Å². The lowest BCUT2D eigenvalue weighted by Gasteiger charge is -2.13. The molecule has 2 rings (SSSR count). The first-order valence-corrected chi connectivity index (χ1v) is 6.33. The van der Waals surface area contributed by atoms with Crippen LogP contribution in [0.4, 0.5) is 5.69 Å². The number of amides is 1. The second kappa shape index (κ2) is 6.16. The summed E-state index contributed by atoms with van der Waals surface area (Å²) in [6.45, 7) is 1.96. The van der Waals surface area contributed by atoms with Crippen LogP contribution in [0.15, 0.2) is 54.6 Å². The van der Waals surface area contributed by atoms with E-state index in [2.05, 4.69) is 5.32 Å². The average Bonchev–Trinajstić information content (AvgIpc) is 2.42. The Morgan fingerprint density at radius 3 is 2.42 bits per heavy atom. The van der Waals surface area contributed by atoms with Crippen molar-refractivity contribution in [3.63, 3.8) is 0 Å². The molecule has 1 atom stereocenters. The van der Waals surface area contributed by atoms with Crippen molar-refractivity contribution >= 4 is 11.6 Å². The molecule has 3 heteroatoms. The van der Waals surface area contributed by atoms with Crippen LogP contribution in [0, 0.1) is 6.92 Å². The van der Waals surface area contributed by atoms with E-state index in [-0.39, 0.29) is 5.91 Å². The first-order chi connectivity index (χ1) is 9.16. The minimum atomic E-state index is -0.540. The third-order valence-electron chi connectivity index (χ3n) is 3.04. The Morgan fingerprint density at radius 2 is 1.74 bits per heavy atom. The van der Waals surface area contributed by atoms with Gasteiger partial charge < -0.3 is 11.1 Å². The molecule has 0 saturated carbocycles. The van der Waals surface area contributed by atoms with Gasteiger partial charge in [0, 0.05) is 5.69 Å². The van der Waals surface area contributed by atoms with Gasteiger partial charge in [-0.05, 0) is 30.5 Å². The quantitative estimate of drug-likeness (QED) is 0.880. The van der Waals surface area contributed by atoms with E-state index in [9.17, 15) is 4.79 Å². The maximum atomic E-state index is 12.0. The molecule has 98 valence electrons. The van der Waals surface area contributed by atoms with Crippen molar-refractivity contribution in [2.75, 3.05) is 5.32 Å². The molecule has 3 nitrogen and oxygen atoms in total. The summed E-state index contributed by atoms with van der Waals surface area (Å²) in [5.41, 5.74) is 8.85. The minimum Gasteiger partial charge on any atom is -0.324 e. The van der Waals surface area contributed by atoms with Crippen molar-refractivity contribution < 1.29 is 4.79 Å². The van der Waals surface area contributed by atoms with Gasteiger partial charge in [0.25, 0.3) is 0 Å². The zero-order valence-corrected chi connectivity index (χ0v) is 11.0. The monoisotopic (exact) mass is 254 g/mol. The van der Waals surface area contributed by atoms with Crippen molar-refractivity contribution in [1.29, 1.82) is 0 Å². The number of anilines is 1. The van der Waals surface area contributed by atoms with E-state index in [4.69, 9.17) is 5.73 Å². The number of para-hydroxylation sites is 1. The molecule has 2 aromatic carbocycles. The van der Waals surface area contributed by atoms with Crippen molar-refractivity contribution in [3.8, 4) is 0 Å². The van der Waals surface area contributed by atoms with E-state index in [1.54, 1.807) is 0 Å². The minimum absolute atomic E-state index is 0.154. The Labute approximate surface area is 113 Å². The highest BCUT2D eigenvalue weighted by Crippen LogP contribution is 2.13. The van der Waals surface area contributed by atoms with E-state index in [1.807, 2.05) is 61.5 Å². The fourth-order valence-corrected chi connectivity index (χ4v) is 1.90. The lowest BCUT2D eigenvalue weighted by molar-refractivity contribution is -0.117. The summed E-state index contributed by atoms with van der Waals surface area (Å²) in [5, 5.41) is 2.87. The van der Waals surface area contributed by atoms with E-state index < -0.39 is 6.04 Å². The first kappa shape index (κ1) is 13.3. The fraction of sp³-hybridized carbons (Fsp3) is 0.188. The molecule has 2 aromatic rings. The molecular weight excluding hydrogens is 236 g/mol. The summed E-state index contributed by atoms with van der Waals surface area (Å²) >= 11 is 0. The van der Waals surface area contributed by atoms with Gasteiger partial charge in [0.2, 0.25) is 5.91 Å². The second-order valence-corrected chi connectivity index (χ2v) is 4.60. The molecule has 0 heterocycles. The first-order valence-electron chi connectivity index (χ1n) is 6.33. The molecule has 0 aliphatic carbocycles. The summed E-state index contributed by atoms with van der Waals surface area (Å²) in [5.74, 6) is -0.154. The normalized spacial score (nSPS) is 11.9. The number of hydrogen-bond acceptors (Lipinski definition) is 2. The Morgan fingerprint density at radius 1 is 1.11 bits per heavy atom. The summed E-state index contributed by atoms with van der Waals surface area (Å²) in [6, 6.07) is 16.9. The number of aryl methyl sites for hydroxylation is 1. The van der Waals surface area contributed by atoms with Crippen LogP contribution in [0.1, 0.15) is 11.1 Å². The van der Waals surface area contributed by atoms with Crippen LogP contribution < -0.4 is 11.1 Å². The topological polar surface area (TPSA) is 55.1 Å². The third-order valence-corrected chi connectivity index (χ3v) is 3.04. The van der Waals surface area contributed by atoms with Crippen molar-refractivity contribution in [2.24, 2.45) is 5.73 Å². The molecule has 0 fully saturated rings. The van der Waals surface area contributed by atoms with Crippen LogP contribution >= 0.6 is 0 Å². The number of nitrogens with one attached hydrogen (secondary N) is 1. The number of hydrogen-bond donors (Lipinski definition) is 2. The molecular formula is C16H18N2O. The molecule has 3 N–H and O–H groups in total. The highest BCUT2D eigenvalue weighted by molar-refractivity contribution is 5.95. The molecule has 0 spiro atoms. The fourth-order valence-electron chi connectivity index (χ4n) is 1.90. The predicted molar refractivity (Wildman–Crippen MR) is 77.9 cm³/mol. The van der Waals surface area contributed by atoms with Gasteiger partial charge in [-0.25, -0.2) is 0 Å². The molecule has 0 saturated heterocycles. The van der Waals surface area contributed by atoms with Gasteiger partial charge >= 0.3 is 0 Å². The maximum absolute atomic E-state index is 12.0. The van der Waals surface area contributed by atoms with Gasteiger partial charge in [0.15, 0.2) is 0 Å². The Bertz CT molecular complexity index is 552. The van der Waals surface area contributed by atoms with Crippen molar-refractivity contribution in [1.82, 2.24) is 0 Å². The number of carbonyl (C=O) groups excluding carboxylic acids is 1. The lowest BCUT2D eigenvalue weighted by atomic mass is 10.1. The molecule has 19 heavy (non-hydrogen) atoms. The van der Waals surface area contributed by atoms with Gasteiger partial charge in [-0.15, -0.1) is 0 Å². The average molecular weight is 254 g/mol. The van der Waals surface area contributed by atoms with Crippen LogP contribution in [0.25, 0.3) is 0 Å². The number of carbonyl (C=O) groups is 1. The maximum Gasteiger partial charge on any atom is 0.241 e. The molecule has 0 unspecified atom stereocenters. The van der Waals surface area contributed by atoms with Crippen LogP contribution in [0.5, 0.6) is 0 Å². The van der Waals surface area contributed by atoms with Crippen LogP contribution in [0.3, 0.4) is 0 Å². The van der Waals surface area contributed by atoms with Crippen LogP contribution in [-0.4, -0.2) is 11.9 Å². The summed E-state index contributed by atoms with van der Waals surface area (Å²) in [4.78, 5) is 12.0. The standard InChI is InChI=1S/C16H18N2O/c1-12-7-5-6-10-15(12)18-16(19)14(17)11-13-8-3-2-4-9-13/h2-10,14H,11,17H2,1H3,(H,18,19)/t14-/m0/s1. The van der Waals surface area contributed by atoms with Crippen molar-refractivity contribution in [3.05, 3.63) is 65.7 Å².